The van der Waals surface area contributed by atoms with E-state index in [1.165, 1.54) is 25.4 Å². The van der Waals surface area contributed by atoms with Crippen LogP contribution in [0.2, 0.25) is 0 Å². The number of anilines is 2. The third-order valence-electron chi connectivity index (χ3n) is 3.76. The van der Waals surface area contributed by atoms with Crippen molar-refractivity contribution in [2.75, 3.05) is 12.4 Å². The number of nitrogens with zero attached hydrogens (tertiary/aromatic N) is 2. The molecule has 0 radical (unpaired) electrons. The highest BCUT2D eigenvalue weighted by molar-refractivity contribution is 5.94. The summed E-state index contributed by atoms with van der Waals surface area (Å²) in [6, 6.07) is 15.9. The number of rotatable bonds is 6. The first-order valence-electron chi connectivity index (χ1n) is 8.07. The van der Waals surface area contributed by atoms with Crippen LogP contribution in [-0.2, 0) is 4.74 Å². The summed E-state index contributed by atoms with van der Waals surface area (Å²) in [5.74, 6) is -0.157. The van der Waals surface area contributed by atoms with E-state index in [2.05, 4.69) is 15.3 Å². The average molecular weight is 364 g/mol. The number of carboxylic acids is 1. The molecule has 0 aliphatic heterocycles. The molecule has 1 aromatic heterocycles. The standard InChI is InChI=1S/C19H17N5O3/c1-27-16(20)15-11-21-19(23-14-9-7-12(8-10-14)18(25)26)24-17(15)22-13-5-3-2-4-6-13/h2-11,20H,1H3,(H,25,26)(H2,21,22,23,24)/p+1. The molecule has 136 valence electrons. The molecule has 5 N–H and O–H groups in total. The Morgan fingerprint density at radius 2 is 1.85 bits per heavy atom. The lowest BCUT2D eigenvalue weighted by molar-refractivity contribution is -0.483. The number of benzene rings is 2. The van der Waals surface area contributed by atoms with E-state index in [0.717, 1.165) is 5.69 Å². The number of carboxylic acid groups (broad SMARTS) is 1. The molecule has 0 spiro atoms. The van der Waals surface area contributed by atoms with Crippen LogP contribution in [0.25, 0.3) is 0 Å². The van der Waals surface area contributed by atoms with Crippen LogP contribution in [0.5, 0.6) is 0 Å². The maximum Gasteiger partial charge on any atom is 0.335 e. The summed E-state index contributed by atoms with van der Waals surface area (Å²) in [6.07, 6.45) is 1.52. The van der Waals surface area contributed by atoms with Crippen LogP contribution in [0.3, 0.4) is 0 Å². The smallest absolute Gasteiger partial charge is 0.335 e. The normalized spacial score (nSPS) is 10.3. The average Bonchev–Trinajstić information content (AvgIpc) is 2.69. The number of nitrogens with two attached hydrogens (primary N) is 1. The van der Waals surface area contributed by atoms with Crippen molar-refractivity contribution < 1.29 is 20.0 Å². The Morgan fingerprint density at radius 3 is 2.48 bits per heavy atom. The second-order valence-corrected chi connectivity index (χ2v) is 5.59. The quantitative estimate of drug-likeness (QED) is 0.302. The molecular formula is C19H18N5O3+. The van der Waals surface area contributed by atoms with E-state index in [1.54, 1.807) is 12.1 Å². The van der Waals surface area contributed by atoms with E-state index < -0.39 is 5.97 Å². The van der Waals surface area contributed by atoms with E-state index in [-0.39, 0.29) is 11.5 Å². The Kier molecular flexibility index (Phi) is 5.38. The third-order valence-corrected chi connectivity index (χ3v) is 3.76. The highest BCUT2D eigenvalue weighted by Crippen LogP contribution is 2.17. The van der Waals surface area contributed by atoms with Crippen molar-refractivity contribution >= 4 is 35.0 Å². The number of carbonyl (C=O) groups is 1. The first-order chi connectivity index (χ1) is 13.1. The first-order valence-corrected chi connectivity index (χ1v) is 8.07. The molecule has 0 atom stereocenters. The Morgan fingerprint density at radius 1 is 1.15 bits per heavy atom. The molecule has 0 bridgehead atoms. The Bertz CT molecular complexity index is 959. The molecule has 2 aromatic carbocycles. The molecule has 3 rings (SSSR count). The van der Waals surface area contributed by atoms with Crippen molar-refractivity contribution in [2.24, 2.45) is 0 Å². The highest BCUT2D eigenvalue weighted by atomic mass is 16.5. The molecule has 0 aliphatic rings. The van der Waals surface area contributed by atoms with Crippen LogP contribution in [0, 0.1) is 5.41 Å². The first kappa shape index (κ1) is 18.0. The number of aromatic carboxylic acids is 1. The Labute approximate surface area is 155 Å². The van der Waals surface area contributed by atoms with E-state index in [1.807, 2.05) is 35.6 Å². The fraction of sp³-hybridized carbons (Fsp3) is 0.0526. The van der Waals surface area contributed by atoms with Crippen molar-refractivity contribution in [3.63, 3.8) is 0 Å². The summed E-state index contributed by atoms with van der Waals surface area (Å²) < 4.78 is 5.02. The van der Waals surface area contributed by atoms with Gasteiger partial charge in [0.1, 0.15) is 11.3 Å². The van der Waals surface area contributed by atoms with Crippen LogP contribution in [0.4, 0.5) is 23.1 Å². The van der Waals surface area contributed by atoms with Gasteiger partial charge < -0.3 is 15.2 Å². The van der Waals surface area contributed by atoms with E-state index in [9.17, 15) is 4.79 Å². The number of hydrogen-bond acceptors (Lipinski definition) is 6. The van der Waals surface area contributed by atoms with Crippen LogP contribution in [0.1, 0.15) is 15.9 Å². The van der Waals surface area contributed by atoms with E-state index >= 15 is 0 Å². The van der Waals surface area contributed by atoms with Gasteiger partial charge in [0.2, 0.25) is 17.7 Å². The maximum atomic E-state index is 10.9. The van der Waals surface area contributed by atoms with Gasteiger partial charge in [0.25, 0.3) is 0 Å². The molecule has 0 unspecified atom stereocenters. The molecule has 1 heterocycles. The predicted octanol–water partition coefficient (Wildman–Crippen LogP) is 2.42. The van der Waals surface area contributed by atoms with Crippen molar-refractivity contribution in [3.8, 4) is 0 Å². The summed E-state index contributed by atoms with van der Waals surface area (Å²) in [5.41, 5.74) is 2.25. The van der Waals surface area contributed by atoms with Crippen LogP contribution >= 0.6 is 0 Å². The molecule has 8 heteroatoms. The largest absolute Gasteiger partial charge is 0.481 e. The van der Waals surface area contributed by atoms with E-state index in [4.69, 9.17) is 15.3 Å². The second kappa shape index (κ2) is 8.07. The second-order valence-electron chi connectivity index (χ2n) is 5.59. The van der Waals surface area contributed by atoms with Gasteiger partial charge in [0.05, 0.1) is 18.9 Å². The SMILES string of the molecule is COC(=N)c1cnc(Nc2ccc(C(=O)O)cc2)nc1[NH2+]c1ccccc1. The summed E-state index contributed by atoms with van der Waals surface area (Å²) in [6.45, 7) is 0. The molecule has 0 saturated heterocycles. The molecule has 0 aliphatic carbocycles. The van der Waals surface area contributed by atoms with Crippen LogP contribution < -0.4 is 10.6 Å². The van der Waals surface area contributed by atoms with Crippen molar-refractivity contribution in [1.82, 2.24) is 9.97 Å². The topological polar surface area (TPSA) is 125 Å². The number of para-hydroxylation sites is 1. The lowest BCUT2D eigenvalue weighted by Crippen LogP contribution is -2.72. The highest BCUT2D eigenvalue weighted by Gasteiger charge is 2.17. The van der Waals surface area contributed by atoms with Crippen molar-refractivity contribution in [1.29, 1.82) is 5.41 Å². The van der Waals surface area contributed by atoms with E-state index in [0.29, 0.717) is 23.0 Å². The molecule has 0 amide bonds. The number of hydrogen-bond donors (Lipinski definition) is 4. The van der Waals surface area contributed by atoms with Gasteiger partial charge in [-0.25, -0.2) is 9.78 Å². The lowest BCUT2D eigenvalue weighted by atomic mass is 10.2. The minimum atomic E-state index is -0.986. The van der Waals surface area contributed by atoms with Crippen LogP contribution in [0.15, 0.2) is 60.8 Å². The van der Waals surface area contributed by atoms with Gasteiger partial charge in [-0.2, -0.15) is 4.98 Å². The van der Waals surface area contributed by atoms with Gasteiger partial charge in [0.15, 0.2) is 0 Å². The van der Waals surface area contributed by atoms with Gasteiger partial charge in [-0.05, 0) is 36.4 Å². The Hall–Kier alpha value is -3.78. The van der Waals surface area contributed by atoms with Gasteiger partial charge >= 0.3 is 5.97 Å². The summed E-state index contributed by atoms with van der Waals surface area (Å²) in [4.78, 5) is 19.6. The van der Waals surface area contributed by atoms with Crippen molar-refractivity contribution in [2.45, 2.75) is 0 Å². The minimum Gasteiger partial charge on any atom is -0.481 e. The molecule has 27 heavy (non-hydrogen) atoms. The van der Waals surface area contributed by atoms with Gasteiger partial charge in [-0.3, -0.25) is 10.7 Å². The molecule has 0 fully saturated rings. The number of aromatic nitrogens is 2. The maximum absolute atomic E-state index is 10.9. The summed E-state index contributed by atoms with van der Waals surface area (Å²) in [5, 5.41) is 21.8. The number of quaternary nitrogens is 1. The third kappa shape index (κ3) is 4.44. The summed E-state index contributed by atoms with van der Waals surface area (Å²) >= 11 is 0. The predicted molar refractivity (Wildman–Crippen MR) is 100 cm³/mol. The zero-order valence-electron chi connectivity index (χ0n) is 14.5. The number of ether oxygens (including phenoxy) is 1. The lowest BCUT2D eigenvalue weighted by Gasteiger charge is -2.10. The Balaban J connectivity index is 1.88. The number of methoxy groups -OCH3 is 1. The fourth-order valence-corrected chi connectivity index (χ4v) is 2.38. The zero-order valence-corrected chi connectivity index (χ0v) is 14.5. The van der Waals surface area contributed by atoms with Crippen molar-refractivity contribution in [3.05, 3.63) is 71.9 Å². The summed E-state index contributed by atoms with van der Waals surface area (Å²) in [7, 11) is 1.42. The molecule has 3 aromatic rings. The molecule has 8 nitrogen and oxygen atoms in total. The zero-order chi connectivity index (χ0) is 19.2. The van der Waals surface area contributed by atoms with Crippen LogP contribution in [-0.4, -0.2) is 34.1 Å². The number of nitrogens with one attached hydrogen (secondary N) is 2. The molecular weight excluding hydrogens is 346 g/mol. The van der Waals surface area contributed by atoms with Gasteiger partial charge in [0, 0.05) is 5.69 Å². The minimum absolute atomic E-state index is 0.0328. The van der Waals surface area contributed by atoms with Gasteiger partial charge in [-0.1, -0.05) is 18.2 Å². The molecule has 0 saturated carbocycles. The monoisotopic (exact) mass is 364 g/mol. The fourth-order valence-electron chi connectivity index (χ4n) is 2.38. The van der Waals surface area contributed by atoms with Gasteiger partial charge in [-0.15, -0.1) is 0 Å².